The van der Waals surface area contributed by atoms with Crippen LogP contribution in [0.1, 0.15) is 30.8 Å². The Morgan fingerprint density at radius 2 is 2.12 bits per heavy atom. The van der Waals surface area contributed by atoms with Gasteiger partial charge in [0.25, 0.3) is 0 Å². The summed E-state index contributed by atoms with van der Waals surface area (Å²) in [6, 6.07) is 4.37. The summed E-state index contributed by atoms with van der Waals surface area (Å²) in [5, 5.41) is 3.49. The zero-order chi connectivity index (χ0) is 18.3. The first kappa shape index (κ1) is 17.0. The van der Waals surface area contributed by atoms with E-state index in [9.17, 15) is 8.78 Å². The number of ether oxygens (including phenoxy) is 1. The van der Waals surface area contributed by atoms with Crippen LogP contribution in [0.3, 0.4) is 0 Å². The van der Waals surface area contributed by atoms with Crippen LogP contribution in [0.25, 0.3) is 10.9 Å². The highest BCUT2D eigenvalue weighted by molar-refractivity contribution is 7.09. The number of benzene rings is 1. The van der Waals surface area contributed by atoms with Gasteiger partial charge in [0.05, 0.1) is 16.6 Å². The van der Waals surface area contributed by atoms with Crippen LogP contribution in [-0.2, 0) is 11.2 Å². The molecule has 26 heavy (non-hydrogen) atoms. The van der Waals surface area contributed by atoms with E-state index in [1.807, 2.05) is 19.2 Å². The quantitative estimate of drug-likeness (QED) is 0.678. The van der Waals surface area contributed by atoms with Crippen molar-refractivity contribution in [2.75, 3.05) is 0 Å². The third kappa shape index (κ3) is 3.31. The molecule has 1 aliphatic rings. The zero-order valence-electron chi connectivity index (χ0n) is 14.4. The molecule has 1 aliphatic heterocycles. The largest absolute Gasteiger partial charge is 0.471 e. The molecule has 1 aromatic carbocycles. The SMILES string of the molecule is CC1(C)CC(Cc2nccs2)N=C(c2cnc3c(F)c(F)ccc3c2)O1. The number of rotatable bonds is 3. The maximum Gasteiger partial charge on any atom is 0.218 e. The first-order valence-corrected chi connectivity index (χ1v) is 9.18. The first-order chi connectivity index (χ1) is 12.4. The number of aliphatic imine (C=N–C) groups is 1. The number of halogens is 2. The molecule has 1 unspecified atom stereocenters. The van der Waals surface area contributed by atoms with Crippen LogP contribution in [0.15, 0.2) is 41.0 Å². The minimum atomic E-state index is -0.942. The fourth-order valence-corrected chi connectivity index (χ4v) is 3.86. The van der Waals surface area contributed by atoms with Crippen molar-refractivity contribution < 1.29 is 13.5 Å². The van der Waals surface area contributed by atoms with Crippen molar-refractivity contribution in [2.45, 2.75) is 38.3 Å². The van der Waals surface area contributed by atoms with E-state index in [4.69, 9.17) is 9.73 Å². The number of pyridine rings is 1. The third-order valence-electron chi connectivity index (χ3n) is 4.28. The molecule has 3 aromatic rings. The first-order valence-electron chi connectivity index (χ1n) is 8.31. The molecule has 7 heteroatoms. The van der Waals surface area contributed by atoms with Gasteiger partial charge in [-0.05, 0) is 32.0 Å². The van der Waals surface area contributed by atoms with Gasteiger partial charge in [-0.25, -0.2) is 18.8 Å². The fraction of sp³-hybridized carbons (Fsp3) is 0.316. The van der Waals surface area contributed by atoms with E-state index in [-0.39, 0.29) is 17.2 Å². The second-order valence-electron chi connectivity index (χ2n) is 6.94. The molecule has 0 amide bonds. The van der Waals surface area contributed by atoms with Crippen molar-refractivity contribution in [1.29, 1.82) is 0 Å². The van der Waals surface area contributed by atoms with Gasteiger partial charge in [0, 0.05) is 36.0 Å². The van der Waals surface area contributed by atoms with E-state index in [2.05, 4.69) is 9.97 Å². The molecule has 0 saturated carbocycles. The van der Waals surface area contributed by atoms with E-state index in [1.54, 1.807) is 23.6 Å². The van der Waals surface area contributed by atoms with Crippen LogP contribution in [0.4, 0.5) is 8.78 Å². The Morgan fingerprint density at radius 3 is 2.88 bits per heavy atom. The van der Waals surface area contributed by atoms with Crippen LogP contribution in [-0.4, -0.2) is 27.5 Å². The molecule has 134 valence electrons. The third-order valence-corrected chi connectivity index (χ3v) is 5.09. The highest BCUT2D eigenvalue weighted by Gasteiger charge is 2.32. The van der Waals surface area contributed by atoms with E-state index in [0.717, 1.165) is 23.9 Å². The fourth-order valence-electron chi connectivity index (χ4n) is 3.17. The summed E-state index contributed by atoms with van der Waals surface area (Å²) in [7, 11) is 0. The second-order valence-corrected chi connectivity index (χ2v) is 7.92. The summed E-state index contributed by atoms with van der Waals surface area (Å²) < 4.78 is 33.3. The van der Waals surface area contributed by atoms with Crippen LogP contribution in [0.5, 0.6) is 0 Å². The van der Waals surface area contributed by atoms with Gasteiger partial charge < -0.3 is 4.74 Å². The van der Waals surface area contributed by atoms with Crippen molar-refractivity contribution in [3.8, 4) is 0 Å². The van der Waals surface area contributed by atoms with Crippen molar-refractivity contribution in [2.24, 2.45) is 4.99 Å². The van der Waals surface area contributed by atoms with Gasteiger partial charge in [-0.3, -0.25) is 4.98 Å². The summed E-state index contributed by atoms with van der Waals surface area (Å²) in [5.74, 6) is -1.38. The summed E-state index contributed by atoms with van der Waals surface area (Å²) in [4.78, 5) is 13.1. The van der Waals surface area contributed by atoms with Gasteiger partial charge >= 0.3 is 0 Å². The Morgan fingerprint density at radius 1 is 1.27 bits per heavy atom. The number of aromatic nitrogens is 2. The van der Waals surface area contributed by atoms with Crippen LogP contribution >= 0.6 is 11.3 Å². The number of hydrogen-bond donors (Lipinski definition) is 0. The van der Waals surface area contributed by atoms with E-state index >= 15 is 0 Å². The Hall–Kier alpha value is -2.41. The molecule has 0 fully saturated rings. The second kappa shape index (κ2) is 6.39. The number of hydrogen-bond acceptors (Lipinski definition) is 5. The van der Waals surface area contributed by atoms with Crippen LogP contribution < -0.4 is 0 Å². The predicted molar refractivity (Wildman–Crippen MR) is 97.6 cm³/mol. The minimum absolute atomic E-state index is 0.00348. The Balaban J connectivity index is 1.71. The van der Waals surface area contributed by atoms with E-state index in [0.29, 0.717) is 16.8 Å². The van der Waals surface area contributed by atoms with Gasteiger partial charge in [-0.15, -0.1) is 11.3 Å². The molecule has 1 atom stereocenters. The maximum atomic E-state index is 13.9. The minimum Gasteiger partial charge on any atom is -0.471 e. The average molecular weight is 373 g/mol. The lowest BCUT2D eigenvalue weighted by Crippen LogP contribution is -2.38. The molecule has 2 aromatic heterocycles. The standard InChI is InChI=1S/C19H17F2N3OS/c1-19(2)9-13(8-15-22-5-6-26-15)24-18(25-19)12-7-11-3-4-14(20)16(21)17(11)23-10-12/h3-7,10,13H,8-9H2,1-2H3. The summed E-state index contributed by atoms with van der Waals surface area (Å²) in [6.07, 6.45) is 4.79. The van der Waals surface area contributed by atoms with Crippen molar-refractivity contribution in [1.82, 2.24) is 9.97 Å². The highest BCUT2D eigenvalue weighted by atomic mass is 32.1. The van der Waals surface area contributed by atoms with Gasteiger partial charge in [0.1, 0.15) is 11.1 Å². The lowest BCUT2D eigenvalue weighted by atomic mass is 9.95. The zero-order valence-corrected chi connectivity index (χ0v) is 15.2. The van der Waals surface area contributed by atoms with Gasteiger partial charge in [0.15, 0.2) is 11.6 Å². The van der Waals surface area contributed by atoms with Crippen molar-refractivity contribution >= 4 is 28.1 Å². The molecular formula is C19H17F2N3OS. The smallest absolute Gasteiger partial charge is 0.218 e. The molecule has 0 spiro atoms. The summed E-state index contributed by atoms with van der Waals surface area (Å²) in [6.45, 7) is 4.03. The Bertz CT molecular complexity index is 986. The molecule has 0 saturated heterocycles. The van der Waals surface area contributed by atoms with Gasteiger partial charge in [-0.1, -0.05) is 0 Å². The van der Waals surface area contributed by atoms with Crippen molar-refractivity contribution in [3.63, 3.8) is 0 Å². The Labute approximate surface area is 153 Å². The topological polar surface area (TPSA) is 47.4 Å². The molecule has 0 N–H and O–H groups in total. The Kier molecular flexibility index (Phi) is 4.19. The van der Waals surface area contributed by atoms with Crippen molar-refractivity contribution in [3.05, 3.63) is 58.2 Å². The average Bonchev–Trinajstić information content (AvgIpc) is 3.09. The van der Waals surface area contributed by atoms with Crippen LogP contribution in [0, 0.1) is 11.6 Å². The van der Waals surface area contributed by atoms with Crippen LogP contribution in [0.2, 0.25) is 0 Å². The molecule has 4 rings (SSSR count). The molecule has 3 heterocycles. The van der Waals surface area contributed by atoms with E-state index < -0.39 is 11.6 Å². The highest BCUT2D eigenvalue weighted by Crippen LogP contribution is 2.29. The lowest BCUT2D eigenvalue weighted by Gasteiger charge is -2.34. The predicted octanol–water partition coefficient (Wildman–Crippen LogP) is 4.53. The number of nitrogens with zero attached hydrogens (tertiary/aromatic N) is 3. The molecule has 0 aliphatic carbocycles. The lowest BCUT2D eigenvalue weighted by molar-refractivity contribution is 0.0634. The maximum absolute atomic E-state index is 13.9. The monoisotopic (exact) mass is 373 g/mol. The molecule has 0 radical (unpaired) electrons. The summed E-state index contributed by atoms with van der Waals surface area (Å²) in [5.41, 5.74) is 0.270. The number of fused-ring (bicyclic) bond motifs is 1. The summed E-state index contributed by atoms with van der Waals surface area (Å²) >= 11 is 1.61. The number of thiazole rings is 1. The molecular weight excluding hydrogens is 356 g/mol. The molecule has 0 bridgehead atoms. The van der Waals surface area contributed by atoms with Gasteiger partial charge in [0.2, 0.25) is 5.90 Å². The van der Waals surface area contributed by atoms with E-state index in [1.165, 1.54) is 12.3 Å². The van der Waals surface area contributed by atoms with Gasteiger partial charge in [-0.2, -0.15) is 0 Å². The normalized spacial score (nSPS) is 19.2. The molecule has 4 nitrogen and oxygen atoms in total.